The summed E-state index contributed by atoms with van der Waals surface area (Å²) in [4.78, 5) is 9.29. The number of nitrogens with zero attached hydrogens (tertiary/aromatic N) is 2. The van der Waals surface area contributed by atoms with Gasteiger partial charge in [-0.1, -0.05) is 26.8 Å². The van der Waals surface area contributed by atoms with Crippen LogP contribution in [0.25, 0.3) is 5.57 Å². The largest absolute Gasteiger partial charge is 0.411 e. The van der Waals surface area contributed by atoms with Crippen molar-refractivity contribution in [3.63, 3.8) is 0 Å². The minimum Gasteiger partial charge on any atom is -0.411 e. The van der Waals surface area contributed by atoms with Gasteiger partial charge in [-0.25, -0.2) is 9.97 Å². The highest BCUT2D eigenvalue weighted by Gasteiger charge is 2.37. The first-order valence-electron chi connectivity index (χ1n) is 11.0. The zero-order valence-electron chi connectivity index (χ0n) is 19.7. The van der Waals surface area contributed by atoms with Gasteiger partial charge in [0.1, 0.15) is 0 Å². The molecule has 0 saturated heterocycles. The molecule has 30 heavy (non-hydrogen) atoms. The van der Waals surface area contributed by atoms with E-state index in [2.05, 4.69) is 44.9 Å². The first-order chi connectivity index (χ1) is 14.2. The summed E-state index contributed by atoms with van der Waals surface area (Å²) in [5.74, 6) is 1.40. The lowest BCUT2D eigenvalue weighted by Gasteiger charge is -2.36. The molecule has 170 valence electrons. The normalized spacial score (nSPS) is 17.8. The summed E-state index contributed by atoms with van der Waals surface area (Å²) in [6, 6.07) is 1.96. The van der Waals surface area contributed by atoms with Gasteiger partial charge in [0, 0.05) is 19.9 Å². The minimum absolute atomic E-state index is 0.196. The van der Waals surface area contributed by atoms with E-state index < -0.39 is 8.32 Å². The van der Waals surface area contributed by atoms with E-state index in [0.29, 0.717) is 39.0 Å². The van der Waals surface area contributed by atoms with Gasteiger partial charge in [-0.15, -0.1) is 0 Å². The molecule has 1 aliphatic carbocycles. The molecule has 6 nitrogen and oxygen atoms in total. The number of allylic oxidation sites excluding steroid dienone is 2. The Bertz CT molecular complexity index is 673. The van der Waals surface area contributed by atoms with Crippen LogP contribution in [0.3, 0.4) is 0 Å². The topological polar surface area (TPSA) is 62.7 Å². The predicted octanol–water partition coefficient (Wildman–Crippen LogP) is 4.86. The van der Waals surface area contributed by atoms with Crippen LogP contribution in [0.1, 0.15) is 51.6 Å². The Morgan fingerprint density at radius 3 is 2.50 bits per heavy atom. The molecule has 1 unspecified atom stereocenters. The molecule has 0 spiro atoms. The Hall–Kier alpha value is -1.12. The summed E-state index contributed by atoms with van der Waals surface area (Å²) >= 11 is 0. The fourth-order valence-electron chi connectivity index (χ4n) is 2.96. The zero-order valence-corrected chi connectivity index (χ0v) is 20.7. The number of hydrogen-bond acceptors (Lipinski definition) is 6. The molecule has 0 bridgehead atoms. The molecule has 7 heteroatoms. The molecule has 0 radical (unpaired) electrons. The van der Waals surface area contributed by atoms with Crippen molar-refractivity contribution in [2.24, 2.45) is 5.92 Å². The molecule has 1 aromatic rings. The standard InChI is InChI=1S/C23H40N2O4Si/c1-23(2,3)30(5,6)29-18-21-11-12-24-22(25-21)20-9-7-19(8-10-20)17-28-16-15-27-14-13-26-4/h9,11-12,19H,7-8,10,13-18H2,1-6H3. The molecule has 1 aliphatic rings. The van der Waals surface area contributed by atoms with Crippen molar-refractivity contribution in [2.45, 2.75) is 64.8 Å². The van der Waals surface area contributed by atoms with E-state index >= 15 is 0 Å². The van der Waals surface area contributed by atoms with Crippen molar-refractivity contribution in [1.82, 2.24) is 9.97 Å². The van der Waals surface area contributed by atoms with Crippen LogP contribution in [-0.2, 0) is 25.2 Å². The van der Waals surface area contributed by atoms with Gasteiger partial charge in [0.25, 0.3) is 0 Å². The van der Waals surface area contributed by atoms with E-state index in [1.165, 1.54) is 5.57 Å². The molecule has 0 N–H and O–H groups in total. The molecule has 0 aromatic carbocycles. The van der Waals surface area contributed by atoms with Crippen molar-refractivity contribution in [3.05, 3.63) is 29.9 Å². The van der Waals surface area contributed by atoms with Crippen molar-refractivity contribution < 1.29 is 18.6 Å². The second-order valence-electron chi connectivity index (χ2n) is 9.47. The van der Waals surface area contributed by atoms with Crippen LogP contribution in [0.2, 0.25) is 18.1 Å². The fraction of sp³-hybridized carbons (Fsp3) is 0.739. The number of ether oxygens (including phenoxy) is 3. The Kier molecular flexibility index (Phi) is 10.1. The molecule has 0 fully saturated rings. The van der Waals surface area contributed by atoms with Gasteiger partial charge >= 0.3 is 0 Å². The predicted molar refractivity (Wildman–Crippen MR) is 123 cm³/mol. The quantitative estimate of drug-likeness (QED) is 0.344. The van der Waals surface area contributed by atoms with Crippen LogP contribution in [0.5, 0.6) is 0 Å². The minimum atomic E-state index is -1.78. The van der Waals surface area contributed by atoms with Crippen molar-refractivity contribution >= 4 is 13.9 Å². The number of rotatable bonds is 12. The van der Waals surface area contributed by atoms with E-state index in [1.807, 2.05) is 12.3 Å². The van der Waals surface area contributed by atoms with Crippen molar-refractivity contribution in [1.29, 1.82) is 0 Å². The lowest BCUT2D eigenvalue weighted by Crippen LogP contribution is -2.40. The van der Waals surface area contributed by atoms with Crippen molar-refractivity contribution in [3.8, 4) is 0 Å². The highest BCUT2D eigenvalue weighted by Crippen LogP contribution is 2.37. The van der Waals surface area contributed by atoms with Gasteiger partial charge in [0.2, 0.25) is 0 Å². The lowest BCUT2D eigenvalue weighted by molar-refractivity contribution is 0.0148. The molecule has 0 saturated carbocycles. The van der Waals surface area contributed by atoms with E-state index in [0.717, 1.165) is 37.4 Å². The number of methoxy groups -OCH3 is 1. The fourth-order valence-corrected chi connectivity index (χ4v) is 3.90. The highest BCUT2D eigenvalue weighted by atomic mass is 28.4. The smallest absolute Gasteiger partial charge is 0.192 e. The maximum absolute atomic E-state index is 6.32. The lowest BCUT2D eigenvalue weighted by atomic mass is 9.90. The van der Waals surface area contributed by atoms with Crippen molar-refractivity contribution in [2.75, 3.05) is 40.1 Å². The van der Waals surface area contributed by atoms with Gasteiger partial charge in [-0.2, -0.15) is 0 Å². The van der Waals surface area contributed by atoms with E-state index in [-0.39, 0.29) is 5.04 Å². The summed E-state index contributed by atoms with van der Waals surface area (Å²) < 4.78 is 22.5. The second kappa shape index (κ2) is 12.1. The summed E-state index contributed by atoms with van der Waals surface area (Å²) in [5.41, 5.74) is 2.20. The van der Waals surface area contributed by atoms with Crippen LogP contribution >= 0.6 is 0 Å². The van der Waals surface area contributed by atoms with Crippen LogP contribution in [0.4, 0.5) is 0 Å². The maximum atomic E-state index is 6.32. The van der Waals surface area contributed by atoms with Crippen LogP contribution in [0, 0.1) is 5.92 Å². The average molecular weight is 437 g/mol. The van der Waals surface area contributed by atoms with E-state index in [4.69, 9.17) is 23.6 Å². The molecule has 2 rings (SSSR count). The first kappa shape index (κ1) is 25.1. The average Bonchev–Trinajstić information content (AvgIpc) is 2.71. The first-order valence-corrected chi connectivity index (χ1v) is 13.9. The molecule has 0 aliphatic heterocycles. The SMILES string of the molecule is COCCOCCOCC1CC=C(c2nccc(CO[Si](C)(C)C(C)(C)C)n2)CC1. The number of hydrogen-bond donors (Lipinski definition) is 0. The van der Waals surface area contributed by atoms with Gasteiger partial charge in [0.15, 0.2) is 14.1 Å². The van der Waals surface area contributed by atoms with Crippen LogP contribution in [0.15, 0.2) is 18.3 Å². The second-order valence-corrected chi connectivity index (χ2v) is 14.3. The molecule has 0 amide bonds. The molecule has 1 aromatic heterocycles. The highest BCUT2D eigenvalue weighted by molar-refractivity contribution is 6.74. The summed E-state index contributed by atoms with van der Waals surface area (Å²) in [7, 11) is -0.108. The van der Waals surface area contributed by atoms with Crippen LogP contribution < -0.4 is 0 Å². The third-order valence-electron chi connectivity index (χ3n) is 6.06. The third-order valence-corrected chi connectivity index (χ3v) is 10.5. The Morgan fingerprint density at radius 2 is 1.83 bits per heavy atom. The van der Waals surface area contributed by atoms with E-state index in [9.17, 15) is 0 Å². The maximum Gasteiger partial charge on any atom is 0.192 e. The Labute approximate surface area is 183 Å². The molecule has 1 heterocycles. The van der Waals surface area contributed by atoms with E-state index in [1.54, 1.807) is 7.11 Å². The Morgan fingerprint density at radius 1 is 1.10 bits per heavy atom. The Balaban J connectivity index is 1.78. The summed E-state index contributed by atoms with van der Waals surface area (Å²) in [6.07, 6.45) is 7.23. The zero-order chi connectivity index (χ0) is 22.0. The summed E-state index contributed by atoms with van der Waals surface area (Å²) in [5, 5.41) is 0.196. The van der Waals surface area contributed by atoms with Gasteiger partial charge in [0.05, 0.1) is 38.7 Å². The van der Waals surface area contributed by atoms with Gasteiger partial charge in [-0.05, 0) is 55.0 Å². The molecular weight excluding hydrogens is 396 g/mol. The number of aromatic nitrogens is 2. The molecule has 1 atom stereocenters. The van der Waals surface area contributed by atoms with Gasteiger partial charge < -0.3 is 18.6 Å². The van der Waals surface area contributed by atoms with Crippen LogP contribution in [-0.4, -0.2) is 58.4 Å². The van der Waals surface area contributed by atoms with Gasteiger partial charge in [-0.3, -0.25) is 0 Å². The monoisotopic (exact) mass is 436 g/mol. The summed E-state index contributed by atoms with van der Waals surface area (Å²) in [6.45, 7) is 15.1. The molecular formula is C23H40N2O4Si. The third kappa shape index (κ3) is 8.19.